The maximum Gasteiger partial charge on any atom is 0.256 e. The van der Waals surface area contributed by atoms with Gasteiger partial charge in [-0.15, -0.1) is 0 Å². The zero-order chi connectivity index (χ0) is 21.1. The van der Waals surface area contributed by atoms with Gasteiger partial charge in [0.2, 0.25) is 5.82 Å². The van der Waals surface area contributed by atoms with Crippen LogP contribution in [0.1, 0.15) is 30.1 Å². The monoisotopic (exact) mass is 411 g/mol. The predicted octanol–water partition coefficient (Wildman–Crippen LogP) is 2.88. The van der Waals surface area contributed by atoms with Crippen LogP contribution in [0.2, 0.25) is 0 Å². The Labute approximate surface area is 173 Å². The van der Waals surface area contributed by atoms with Gasteiger partial charge < -0.3 is 14.4 Å². The second-order valence-corrected chi connectivity index (χ2v) is 7.09. The molecule has 1 aliphatic rings. The Balaban J connectivity index is 1.56. The smallest absolute Gasteiger partial charge is 0.256 e. The van der Waals surface area contributed by atoms with E-state index in [1.54, 1.807) is 35.5 Å². The van der Waals surface area contributed by atoms with Crippen LogP contribution < -0.4 is 9.47 Å². The van der Waals surface area contributed by atoms with E-state index in [2.05, 4.69) is 15.2 Å². The summed E-state index contributed by atoms with van der Waals surface area (Å²) in [5, 5.41) is 8.28. The molecular weight excluding hydrogens is 389 g/mol. The number of piperidine rings is 1. The molecule has 1 fully saturated rings. The van der Waals surface area contributed by atoms with Crippen molar-refractivity contribution in [1.82, 2.24) is 24.9 Å². The van der Waals surface area contributed by atoms with E-state index < -0.39 is 5.82 Å². The molecule has 0 aliphatic carbocycles. The topological polar surface area (TPSA) is 82.4 Å². The summed E-state index contributed by atoms with van der Waals surface area (Å²) in [5.41, 5.74) is 1.09. The molecule has 2 aromatic heterocycles. The Hall–Kier alpha value is -3.49. The third-order valence-corrected chi connectivity index (χ3v) is 5.19. The Morgan fingerprint density at radius 3 is 2.67 bits per heavy atom. The summed E-state index contributed by atoms with van der Waals surface area (Å²) in [4.78, 5) is 20.5. The second kappa shape index (κ2) is 8.48. The largest absolute Gasteiger partial charge is 0.493 e. The third kappa shape index (κ3) is 3.83. The fourth-order valence-electron chi connectivity index (χ4n) is 3.58. The summed E-state index contributed by atoms with van der Waals surface area (Å²) in [6, 6.07) is 8.63. The molecule has 3 heterocycles. The standard InChI is InChI=1S/C21H22FN5O3/c1-14-7-8-15(30-20-19(22)18(29-2)9-10-23-20)13-26(14)21(28)16-5-3-4-6-17(16)27-24-11-12-25-27/h3-6,9-12,14-15H,7-8,13H2,1-2H3/t14-,15?/m1/s1. The molecular formula is C21H22FN5O3. The number of para-hydroxylation sites is 1. The molecule has 1 aromatic carbocycles. The van der Waals surface area contributed by atoms with E-state index in [9.17, 15) is 9.18 Å². The van der Waals surface area contributed by atoms with Gasteiger partial charge in [-0.3, -0.25) is 4.79 Å². The van der Waals surface area contributed by atoms with Gasteiger partial charge in [0.05, 0.1) is 37.3 Å². The summed E-state index contributed by atoms with van der Waals surface area (Å²) in [5.74, 6) is -0.852. The highest BCUT2D eigenvalue weighted by Crippen LogP contribution is 2.28. The Kier molecular flexibility index (Phi) is 5.60. The van der Waals surface area contributed by atoms with Crippen molar-refractivity contribution in [2.75, 3.05) is 13.7 Å². The highest BCUT2D eigenvalue weighted by molar-refractivity contribution is 5.98. The summed E-state index contributed by atoms with van der Waals surface area (Å²) in [6.45, 7) is 2.31. The highest BCUT2D eigenvalue weighted by atomic mass is 19.1. The summed E-state index contributed by atoms with van der Waals surface area (Å²) in [6.07, 6.45) is 5.58. The number of carbonyl (C=O) groups is 1. The molecule has 0 N–H and O–H groups in total. The summed E-state index contributed by atoms with van der Waals surface area (Å²) in [7, 11) is 1.39. The number of hydrogen-bond acceptors (Lipinski definition) is 6. The number of aromatic nitrogens is 4. The number of halogens is 1. The number of pyridine rings is 1. The van der Waals surface area contributed by atoms with E-state index in [1.165, 1.54) is 24.2 Å². The lowest BCUT2D eigenvalue weighted by molar-refractivity contribution is 0.0360. The molecule has 30 heavy (non-hydrogen) atoms. The van der Waals surface area contributed by atoms with Crippen molar-refractivity contribution in [2.45, 2.75) is 31.9 Å². The molecule has 1 unspecified atom stereocenters. The van der Waals surface area contributed by atoms with Gasteiger partial charge >= 0.3 is 0 Å². The lowest BCUT2D eigenvalue weighted by Gasteiger charge is -2.38. The van der Waals surface area contributed by atoms with Crippen LogP contribution in [-0.2, 0) is 0 Å². The molecule has 1 amide bonds. The van der Waals surface area contributed by atoms with Crippen LogP contribution >= 0.6 is 0 Å². The normalized spacial score (nSPS) is 18.8. The fourth-order valence-corrected chi connectivity index (χ4v) is 3.58. The minimum Gasteiger partial charge on any atom is -0.493 e. The molecule has 9 heteroatoms. The van der Waals surface area contributed by atoms with E-state index in [1.807, 2.05) is 13.0 Å². The van der Waals surface area contributed by atoms with Crippen LogP contribution in [0.25, 0.3) is 5.69 Å². The minimum atomic E-state index is -0.647. The average molecular weight is 411 g/mol. The third-order valence-electron chi connectivity index (χ3n) is 5.19. The molecule has 0 spiro atoms. The highest BCUT2D eigenvalue weighted by Gasteiger charge is 2.32. The molecule has 1 saturated heterocycles. The number of ether oxygens (including phenoxy) is 2. The van der Waals surface area contributed by atoms with Crippen molar-refractivity contribution < 1.29 is 18.7 Å². The van der Waals surface area contributed by atoms with Crippen LogP contribution in [-0.4, -0.2) is 56.6 Å². The van der Waals surface area contributed by atoms with Crippen LogP contribution in [0.3, 0.4) is 0 Å². The number of nitrogens with zero attached hydrogens (tertiary/aromatic N) is 5. The Morgan fingerprint density at radius 2 is 1.90 bits per heavy atom. The Morgan fingerprint density at radius 1 is 1.13 bits per heavy atom. The van der Waals surface area contributed by atoms with Gasteiger partial charge in [-0.2, -0.15) is 19.4 Å². The number of likely N-dealkylation sites (tertiary alicyclic amines) is 1. The Bertz CT molecular complexity index is 1030. The SMILES string of the molecule is COc1ccnc(OC2CC[C@@H](C)N(C(=O)c3ccccc3-n3nccn3)C2)c1F. The van der Waals surface area contributed by atoms with Gasteiger partial charge in [0, 0.05) is 18.3 Å². The van der Waals surface area contributed by atoms with Crippen molar-refractivity contribution in [3.05, 3.63) is 60.3 Å². The first-order valence-corrected chi connectivity index (χ1v) is 9.70. The van der Waals surface area contributed by atoms with Gasteiger partial charge in [0.15, 0.2) is 5.75 Å². The van der Waals surface area contributed by atoms with Crippen molar-refractivity contribution in [3.63, 3.8) is 0 Å². The summed E-state index contributed by atoms with van der Waals surface area (Å²) >= 11 is 0. The van der Waals surface area contributed by atoms with Gasteiger partial charge in [-0.05, 0) is 31.9 Å². The van der Waals surface area contributed by atoms with Gasteiger partial charge in [-0.25, -0.2) is 4.98 Å². The first-order valence-electron chi connectivity index (χ1n) is 9.70. The van der Waals surface area contributed by atoms with Gasteiger partial charge in [0.1, 0.15) is 6.10 Å². The predicted molar refractivity (Wildman–Crippen MR) is 106 cm³/mol. The average Bonchev–Trinajstić information content (AvgIpc) is 3.31. The van der Waals surface area contributed by atoms with Crippen molar-refractivity contribution in [2.24, 2.45) is 0 Å². The van der Waals surface area contributed by atoms with Crippen LogP contribution in [0.5, 0.6) is 11.6 Å². The van der Waals surface area contributed by atoms with Crippen LogP contribution in [0.15, 0.2) is 48.9 Å². The van der Waals surface area contributed by atoms with E-state index >= 15 is 0 Å². The maximum absolute atomic E-state index is 14.4. The molecule has 0 radical (unpaired) electrons. The fraction of sp³-hybridized carbons (Fsp3) is 0.333. The van der Waals surface area contributed by atoms with Gasteiger partial charge in [-0.1, -0.05) is 12.1 Å². The zero-order valence-corrected chi connectivity index (χ0v) is 16.7. The van der Waals surface area contributed by atoms with Crippen molar-refractivity contribution >= 4 is 5.91 Å². The molecule has 156 valence electrons. The molecule has 0 saturated carbocycles. The van der Waals surface area contributed by atoms with E-state index in [-0.39, 0.29) is 29.7 Å². The minimum absolute atomic E-state index is 0.0131. The van der Waals surface area contributed by atoms with E-state index in [0.29, 0.717) is 24.2 Å². The maximum atomic E-state index is 14.4. The lowest BCUT2D eigenvalue weighted by atomic mass is 9.99. The second-order valence-electron chi connectivity index (χ2n) is 7.09. The molecule has 0 bridgehead atoms. The first-order chi connectivity index (χ1) is 14.6. The number of methoxy groups -OCH3 is 1. The van der Waals surface area contributed by atoms with E-state index in [0.717, 1.165) is 6.42 Å². The van der Waals surface area contributed by atoms with Crippen molar-refractivity contribution in [3.8, 4) is 17.3 Å². The quantitative estimate of drug-likeness (QED) is 0.642. The molecule has 3 aromatic rings. The number of carbonyl (C=O) groups excluding carboxylic acids is 1. The molecule has 2 atom stereocenters. The lowest BCUT2D eigenvalue weighted by Crippen LogP contribution is -2.49. The van der Waals surface area contributed by atoms with Crippen LogP contribution in [0.4, 0.5) is 4.39 Å². The number of hydrogen-bond donors (Lipinski definition) is 0. The summed E-state index contributed by atoms with van der Waals surface area (Å²) < 4.78 is 25.2. The molecule has 1 aliphatic heterocycles. The van der Waals surface area contributed by atoms with E-state index in [4.69, 9.17) is 9.47 Å². The molecule has 8 nitrogen and oxygen atoms in total. The van der Waals surface area contributed by atoms with Crippen molar-refractivity contribution in [1.29, 1.82) is 0 Å². The van der Waals surface area contributed by atoms with Crippen LogP contribution in [0, 0.1) is 5.82 Å². The van der Waals surface area contributed by atoms with Gasteiger partial charge in [0.25, 0.3) is 11.8 Å². The number of amides is 1. The number of benzene rings is 1. The zero-order valence-electron chi connectivity index (χ0n) is 16.7. The molecule has 4 rings (SSSR count). The number of rotatable bonds is 5. The first kappa shape index (κ1) is 19.8.